The van der Waals surface area contributed by atoms with Crippen molar-refractivity contribution in [2.45, 2.75) is 12.5 Å². The van der Waals surface area contributed by atoms with Gasteiger partial charge in [-0.2, -0.15) is 0 Å². The molecule has 0 spiro atoms. The van der Waals surface area contributed by atoms with E-state index in [2.05, 4.69) is 4.98 Å². The summed E-state index contributed by atoms with van der Waals surface area (Å²) < 4.78 is 13.0. The molecule has 3 aromatic rings. The lowest BCUT2D eigenvalue weighted by atomic mass is 10.0. The number of nitrogens with zero attached hydrogens (tertiary/aromatic N) is 1. The lowest BCUT2D eigenvalue weighted by Crippen LogP contribution is -2.05. The van der Waals surface area contributed by atoms with Gasteiger partial charge < -0.3 is 5.11 Å². The Bertz CT molecular complexity index is 791. The number of aliphatic hydroxyl groups is 1. The molecule has 0 fully saturated rings. The number of para-hydroxylation sites is 1. The second-order valence-corrected chi connectivity index (χ2v) is 5.29. The average Bonchev–Trinajstić information content (AvgIpc) is 2.49. The molecular formula is C17H13ClFNO. The zero-order valence-corrected chi connectivity index (χ0v) is 11.9. The Morgan fingerprint density at radius 3 is 2.71 bits per heavy atom. The van der Waals surface area contributed by atoms with Gasteiger partial charge in [-0.1, -0.05) is 41.9 Å². The highest BCUT2D eigenvalue weighted by Gasteiger charge is 2.13. The molecule has 1 atom stereocenters. The number of benzene rings is 2. The molecule has 2 nitrogen and oxygen atoms in total. The predicted molar refractivity (Wildman–Crippen MR) is 81.8 cm³/mol. The first kappa shape index (κ1) is 14.0. The summed E-state index contributed by atoms with van der Waals surface area (Å²) >= 11 is 5.98. The highest BCUT2D eigenvalue weighted by Crippen LogP contribution is 2.24. The van der Waals surface area contributed by atoms with Crippen molar-refractivity contribution in [3.05, 3.63) is 76.7 Å². The van der Waals surface area contributed by atoms with Crippen molar-refractivity contribution in [2.75, 3.05) is 0 Å². The predicted octanol–water partition coefficient (Wildman–Crippen LogP) is 4.30. The SMILES string of the molecule is OC(Cc1ccc(F)cc1Cl)c1ccc2ccccc2n1. The monoisotopic (exact) mass is 301 g/mol. The lowest BCUT2D eigenvalue weighted by molar-refractivity contribution is 0.174. The van der Waals surface area contributed by atoms with Gasteiger partial charge in [0.2, 0.25) is 0 Å². The summed E-state index contributed by atoms with van der Waals surface area (Å²) in [5.74, 6) is -0.387. The van der Waals surface area contributed by atoms with E-state index in [1.54, 1.807) is 12.1 Å². The van der Waals surface area contributed by atoms with Crippen molar-refractivity contribution < 1.29 is 9.50 Å². The van der Waals surface area contributed by atoms with E-state index >= 15 is 0 Å². The van der Waals surface area contributed by atoms with Crippen LogP contribution in [0.25, 0.3) is 10.9 Å². The molecule has 0 saturated heterocycles. The number of aliphatic hydroxyl groups excluding tert-OH is 1. The molecule has 0 radical (unpaired) electrons. The summed E-state index contributed by atoms with van der Waals surface area (Å²) in [4.78, 5) is 4.45. The third-order valence-electron chi connectivity index (χ3n) is 3.39. The van der Waals surface area contributed by atoms with Crippen LogP contribution in [0.3, 0.4) is 0 Å². The van der Waals surface area contributed by atoms with Crippen molar-refractivity contribution in [3.63, 3.8) is 0 Å². The number of fused-ring (bicyclic) bond motifs is 1. The molecule has 0 saturated carbocycles. The number of rotatable bonds is 3. The zero-order chi connectivity index (χ0) is 14.8. The molecule has 0 amide bonds. The van der Waals surface area contributed by atoms with Gasteiger partial charge in [-0.15, -0.1) is 0 Å². The molecule has 0 bridgehead atoms. The molecule has 0 aliphatic heterocycles. The molecule has 1 heterocycles. The van der Waals surface area contributed by atoms with E-state index in [-0.39, 0.29) is 5.82 Å². The quantitative estimate of drug-likeness (QED) is 0.782. The first-order chi connectivity index (χ1) is 10.1. The Morgan fingerprint density at radius 2 is 1.90 bits per heavy atom. The number of hydrogen-bond donors (Lipinski definition) is 1. The van der Waals surface area contributed by atoms with Crippen LogP contribution in [0.2, 0.25) is 5.02 Å². The van der Waals surface area contributed by atoms with Crippen molar-refractivity contribution in [1.29, 1.82) is 0 Å². The third kappa shape index (κ3) is 3.04. The summed E-state index contributed by atoms with van der Waals surface area (Å²) in [7, 11) is 0. The van der Waals surface area contributed by atoms with E-state index in [1.807, 2.05) is 30.3 Å². The number of pyridine rings is 1. The van der Waals surface area contributed by atoms with Crippen LogP contribution in [-0.4, -0.2) is 10.1 Å². The minimum atomic E-state index is -0.780. The average molecular weight is 302 g/mol. The van der Waals surface area contributed by atoms with Crippen molar-refractivity contribution in [3.8, 4) is 0 Å². The first-order valence-corrected chi connectivity index (χ1v) is 6.99. The van der Waals surface area contributed by atoms with Gasteiger partial charge in [-0.3, -0.25) is 4.98 Å². The number of halogens is 2. The zero-order valence-electron chi connectivity index (χ0n) is 11.1. The van der Waals surface area contributed by atoms with Gasteiger partial charge in [0.05, 0.1) is 11.2 Å². The van der Waals surface area contributed by atoms with Crippen molar-refractivity contribution in [2.24, 2.45) is 0 Å². The minimum absolute atomic E-state index is 0.296. The Labute approximate surface area is 126 Å². The Morgan fingerprint density at radius 1 is 1.10 bits per heavy atom. The van der Waals surface area contributed by atoms with Crippen LogP contribution in [0.5, 0.6) is 0 Å². The van der Waals surface area contributed by atoms with Gasteiger partial charge >= 0.3 is 0 Å². The fourth-order valence-electron chi connectivity index (χ4n) is 2.27. The van der Waals surface area contributed by atoms with Gasteiger partial charge in [0.15, 0.2) is 0 Å². The lowest BCUT2D eigenvalue weighted by Gasteiger charge is -2.12. The Balaban J connectivity index is 1.87. The molecule has 2 aromatic carbocycles. The maximum absolute atomic E-state index is 13.0. The largest absolute Gasteiger partial charge is 0.386 e. The second kappa shape index (κ2) is 5.80. The van der Waals surface area contributed by atoms with Gasteiger partial charge in [0, 0.05) is 16.8 Å². The van der Waals surface area contributed by atoms with Crippen LogP contribution in [-0.2, 0) is 6.42 Å². The molecule has 0 aliphatic carbocycles. The van der Waals surface area contributed by atoms with E-state index < -0.39 is 6.10 Å². The summed E-state index contributed by atoms with van der Waals surface area (Å²) in [6.07, 6.45) is -0.484. The van der Waals surface area contributed by atoms with Crippen LogP contribution in [0.1, 0.15) is 17.4 Å². The molecular weight excluding hydrogens is 289 g/mol. The third-order valence-corrected chi connectivity index (χ3v) is 3.74. The normalized spacial score (nSPS) is 12.5. The Kier molecular flexibility index (Phi) is 3.86. The summed E-state index contributed by atoms with van der Waals surface area (Å²) in [5, 5.41) is 11.6. The van der Waals surface area contributed by atoms with Crippen LogP contribution in [0.4, 0.5) is 4.39 Å². The smallest absolute Gasteiger partial charge is 0.124 e. The number of hydrogen-bond acceptors (Lipinski definition) is 2. The van der Waals surface area contributed by atoms with Gasteiger partial charge in [0.25, 0.3) is 0 Å². The minimum Gasteiger partial charge on any atom is -0.386 e. The maximum atomic E-state index is 13.0. The van der Waals surface area contributed by atoms with Gasteiger partial charge in [-0.05, 0) is 29.8 Å². The Hall–Kier alpha value is -1.97. The molecule has 4 heteroatoms. The first-order valence-electron chi connectivity index (χ1n) is 6.61. The fourth-order valence-corrected chi connectivity index (χ4v) is 2.51. The molecule has 3 rings (SSSR count). The standard InChI is InChI=1S/C17H13ClFNO/c18-14-10-13(19)7-5-12(14)9-17(21)16-8-6-11-3-1-2-4-15(11)20-16/h1-8,10,17,21H,9H2. The van der Waals surface area contributed by atoms with E-state index in [1.165, 1.54) is 12.1 Å². The molecule has 106 valence electrons. The van der Waals surface area contributed by atoms with Crippen LogP contribution in [0.15, 0.2) is 54.6 Å². The van der Waals surface area contributed by atoms with Gasteiger partial charge in [-0.25, -0.2) is 4.39 Å². The topological polar surface area (TPSA) is 33.1 Å². The molecule has 1 unspecified atom stereocenters. The van der Waals surface area contributed by atoms with E-state index in [0.717, 1.165) is 10.9 Å². The van der Waals surface area contributed by atoms with Gasteiger partial charge in [0.1, 0.15) is 11.9 Å². The van der Waals surface area contributed by atoms with Crippen molar-refractivity contribution in [1.82, 2.24) is 4.98 Å². The van der Waals surface area contributed by atoms with E-state index in [0.29, 0.717) is 22.7 Å². The highest BCUT2D eigenvalue weighted by molar-refractivity contribution is 6.31. The molecule has 1 N–H and O–H groups in total. The van der Waals surface area contributed by atoms with Crippen LogP contribution in [0, 0.1) is 5.82 Å². The summed E-state index contributed by atoms with van der Waals surface area (Å²) in [6, 6.07) is 15.6. The second-order valence-electron chi connectivity index (χ2n) is 4.88. The van der Waals surface area contributed by atoms with Crippen LogP contribution >= 0.6 is 11.6 Å². The number of aromatic nitrogens is 1. The molecule has 0 aliphatic rings. The maximum Gasteiger partial charge on any atom is 0.124 e. The van der Waals surface area contributed by atoms with Crippen molar-refractivity contribution >= 4 is 22.5 Å². The summed E-state index contributed by atoms with van der Waals surface area (Å²) in [6.45, 7) is 0. The van der Waals surface area contributed by atoms with E-state index in [4.69, 9.17) is 11.6 Å². The molecule has 21 heavy (non-hydrogen) atoms. The van der Waals surface area contributed by atoms with E-state index in [9.17, 15) is 9.50 Å². The van der Waals surface area contributed by atoms with Crippen LogP contribution < -0.4 is 0 Å². The highest BCUT2D eigenvalue weighted by atomic mass is 35.5. The fraction of sp³-hybridized carbons (Fsp3) is 0.118. The summed E-state index contributed by atoms with van der Waals surface area (Å²) in [5.41, 5.74) is 2.11. The molecule has 1 aromatic heterocycles.